The molecule has 5 rings (SSSR count). The molecule has 2 aromatic heterocycles. The molecule has 7 nitrogen and oxygen atoms in total. The number of nitriles is 1. The minimum atomic E-state index is 0.161. The summed E-state index contributed by atoms with van der Waals surface area (Å²) >= 11 is 6.41. The average molecular weight is 485 g/mol. The zero-order chi connectivity index (χ0) is 24.4. The molecule has 0 spiro atoms. The first kappa shape index (κ1) is 23.2. The summed E-state index contributed by atoms with van der Waals surface area (Å²) in [4.78, 5) is 16.6. The summed E-state index contributed by atoms with van der Waals surface area (Å²) in [6, 6.07) is 19.1. The van der Waals surface area contributed by atoms with Crippen LogP contribution in [0.15, 0.2) is 60.8 Å². The van der Waals surface area contributed by atoms with E-state index in [1.54, 1.807) is 18.3 Å². The van der Waals surface area contributed by atoms with Gasteiger partial charge in [-0.1, -0.05) is 17.7 Å². The second-order valence-electron chi connectivity index (χ2n) is 8.82. The number of anilines is 2. The summed E-state index contributed by atoms with van der Waals surface area (Å²) in [5, 5.41) is 14.0. The van der Waals surface area contributed by atoms with E-state index in [9.17, 15) is 0 Å². The summed E-state index contributed by atoms with van der Waals surface area (Å²) in [5.41, 5.74) is 3.87. The molecule has 1 N–H and O–H groups in total. The lowest BCUT2D eigenvalue weighted by Gasteiger charge is -2.34. The minimum absolute atomic E-state index is 0.161. The van der Waals surface area contributed by atoms with Crippen molar-refractivity contribution < 1.29 is 4.74 Å². The van der Waals surface area contributed by atoms with Gasteiger partial charge >= 0.3 is 0 Å². The zero-order valence-electron chi connectivity index (χ0n) is 19.6. The standard InChI is InChI=1S/C27H25ClN6O/c1-17-14-34(15-18(2)35-17)16-25-32-24-12-20(26-23(28)4-3-11-30-26)7-10-22(24)27(33-25)31-21-8-5-19(13-29)6-9-21/h3-12,17-18H,14-16H2,1-2H3,(H,31,32,33). The van der Waals surface area contributed by atoms with Crippen molar-refractivity contribution in [3.8, 4) is 17.3 Å². The third kappa shape index (κ3) is 5.25. The molecule has 8 heteroatoms. The Morgan fingerprint density at radius 1 is 1.09 bits per heavy atom. The van der Waals surface area contributed by atoms with Crippen LogP contribution in [0.4, 0.5) is 11.5 Å². The first-order valence-corrected chi connectivity index (χ1v) is 11.9. The highest BCUT2D eigenvalue weighted by atomic mass is 35.5. The second-order valence-corrected chi connectivity index (χ2v) is 9.23. The molecule has 2 atom stereocenters. The Morgan fingerprint density at radius 2 is 1.86 bits per heavy atom. The first-order valence-electron chi connectivity index (χ1n) is 11.5. The van der Waals surface area contributed by atoms with Gasteiger partial charge in [0.1, 0.15) is 11.6 Å². The molecular formula is C27H25ClN6O. The summed E-state index contributed by atoms with van der Waals surface area (Å²) in [5.74, 6) is 1.43. The maximum Gasteiger partial charge on any atom is 0.145 e. The van der Waals surface area contributed by atoms with Gasteiger partial charge in [0.25, 0.3) is 0 Å². The fraction of sp³-hybridized carbons (Fsp3) is 0.259. The van der Waals surface area contributed by atoms with E-state index in [-0.39, 0.29) is 12.2 Å². The average Bonchev–Trinajstić information content (AvgIpc) is 2.84. The molecule has 0 amide bonds. The molecule has 1 fully saturated rings. The molecule has 176 valence electrons. The number of pyridine rings is 1. The van der Waals surface area contributed by atoms with Gasteiger partial charge in [0.05, 0.1) is 46.6 Å². The van der Waals surface area contributed by atoms with Crippen molar-refractivity contribution >= 4 is 34.0 Å². The maximum atomic E-state index is 9.11. The van der Waals surface area contributed by atoms with Crippen LogP contribution in [-0.2, 0) is 11.3 Å². The number of fused-ring (bicyclic) bond motifs is 1. The molecule has 4 aromatic rings. The van der Waals surface area contributed by atoms with Gasteiger partial charge in [-0.2, -0.15) is 5.26 Å². The molecule has 1 saturated heterocycles. The van der Waals surface area contributed by atoms with Gasteiger partial charge in [-0.15, -0.1) is 0 Å². The Labute approximate surface area is 209 Å². The molecule has 0 saturated carbocycles. The molecule has 1 aliphatic rings. The Balaban J connectivity index is 1.55. The van der Waals surface area contributed by atoms with Gasteiger partial charge in [0, 0.05) is 35.9 Å². The Kier molecular flexibility index (Phi) is 6.60. The normalized spacial score (nSPS) is 18.3. The van der Waals surface area contributed by atoms with Crippen molar-refractivity contribution in [2.75, 3.05) is 18.4 Å². The van der Waals surface area contributed by atoms with E-state index in [0.29, 0.717) is 28.6 Å². The summed E-state index contributed by atoms with van der Waals surface area (Å²) in [6.45, 7) is 6.45. The summed E-state index contributed by atoms with van der Waals surface area (Å²) < 4.78 is 5.88. The zero-order valence-corrected chi connectivity index (χ0v) is 20.3. The van der Waals surface area contributed by atoms with Gasteiger partial charge in [-0.25, -0.2) is 9.97 Å². The third-order valence-corrected chi connectivity index (χ3v) is 6.22. The molecule has 2 unspecified atom stereocenters. The van der Waals surface area contributed by atoms with Crippen LogP contribution in [0.2, 0.25) is 5.02 Å². The fourth-order valence-corrected chi connectivity index (χ4v) is 4.70. The van der Waals surface area contributed by atoms with Crippen LogP contribution in [-0.4, -0.2) is 45.1 Å². The molecule has 0 bridgehead atoms. The Hall–Kier alpha value is -3.57. The van der Waals surface area contributed by atoms with Crippen LogP contribution < -0.4 is 5.32 Å². The monoisotopic (exact) mass is 484 g/mol. The van der Waals surface area contributed by atoms with Crippen molar-refractivity contribution in [1.29, 1.82) is 5.26 Å². The van der Waals surface area contributed by atoms with Gasteiger partial charge < -0.3 is 10.1 Å². The smallest absolute Gasteiger partial charge is 0.145 e. The van der Waals surface area contributed by atoms with Gasteiger partial charge in [0.15, 0.2) is 0 Å². The van der Waals surface area contributed by atoms with E-state index < -0.39 is 0 Å². The highest BCUT2D eigenvalue weighted by Crippen LogP contribution is 2.31. The largest absolute Gasteiger partial charge is 0.373 e. The van der Waals surface area contributed by atoms with E-state index in [4.69, 9.17) is 31.6 Å². The number of benzene rings is 2. The van der Waals surface area contributed by atoms with Gasteiger partial charge in [-0.3, -0.25) is 9.88 Å². The minimum Gasteiger partial charge on any atom is -0.373 e. The van der Waals surface area contributed by atoms with Gasteiger partial charge in [0.2, 0.25) is 0 Å². The molecule has 1 aliphatic heterocycles. The second kappa shape index (κ2) is 9.96. The van der Waals surface area contributed by atoms with Crippen molar-refractivity contribution in [1.82, 2.24) is 19.9 Å². The molecule has 0 radical (unpaired) electrons. The van der Waals surface area contributed by atoms with E-state index in [2.05, 4.69) is 35.1 Å². The summed E-state index contributed by atoms with van der Waals surface area (Å²) in [6.07, 6.45) is 2.05. The van der Waals surface area contributed by atoms with Crippen molar-refractivity contribution in [3.05, 3.63) is 77.2 Å². The molecular weight excluding hydrogens is 460 g/mol. The van der Waals surface area contributed by atoms with Crippen LogP contribution in [0.5, 0.6) is 0 Å². The van der Waals surface area contributed by atoms with E-state index >= 15 is 0 Å². The van der Waals surface area contributed by atoms with Crippen LogP contribution in [0.1, 0.15) is 25.2 Å². The SMILES string of the molecule is CC1CN(Cc2nc(Nc3ccc(C#N)cc3)c3ccc(-c4ncccc4Cl)cc3n2)CC(C)O1. The van der Waals surface area contributed by atoms with Crippen LogP contribution >= 0.6 is 11.6 Å². The van der Waals surface area contributed by atoms with Crippen molar-refractivity contribution in [2.45, 2.75) is 32.6 Å². The van der Waals surface area contributed by atoms with E-state index in [0.717, 1.165) is 41.1 Å². The highest BCUT2D eigenvalue weighted by Gasteiger charge is 2.23. The number of hydrogen-bond acceptors (Lipinski definition) is 7. The quantitative estimate of drug-likeness (QED) is 0.396. The predicted octanol–water partition coefficient (Wildman–Crippen LogP) is 5.57. The number of ether oxygens (including phenoxy) is 1. The lowest BCUT2D eigenvalue weighted by Crippen LogP contribution is -2.45. The number of halogens is 1. The number of morpholine rings is 1. The van der Waals surface area contributed by atoms with Crippen molar-refractivity contribution in [3.63, 3.8) is 0 Å². The topological polar surface area (TPSA) is 87.0 Å². The third-order valence-electron chi connectivity index (χ3n) is 5.91. The van der Waals surface area contributed by atoms with Crippen LogP contribution in [0.3, 0.4) is 0 Å². The molecule has 3 heterocycles. The van der Waals surface area contributed by atoms with Crippen molar-refractivity contribution in [2.24, 2.45) is 0 Å². The lowest BCUT2D eigenvalue weighted by atomic mass is 10.1. The number of aromatic nitrogens is 3. The van der Waals surface area contributed by atoms with Crippen LogP contribution in [0, 0.1) is 11.3 Å². The number of nitrogens with one attached hydrogen (secondary N) is 1. The van der Waals surface area contributed by atoms with E-state index in [1.165, 1.54) is 0 Å². The number of hydrogen-bond donors (Lipinski definition) is 1. The predicted molar refractivity (Wildman–Crippen MR) is 138 cm³/mol. The van der Waals surface area contributed by atoms with Gasteiger partial charge in [-0.05, 0) is 62.4 Å². The molecule has 35 heavy (non-hydrogen) atoms. The first-order chi connectivity index (χ1) is 17.0. The highest BCUT2D eigenvalue weighted by molar-refractivity contribution is 6.33. The maximum absolute atomic E-state index is 9.11. The molecule has 2 aromatic carbocycles. The molecule has 0 aliphatic carbocycles. The Morgan fingerprint density at radius 3 is 2.57 bits per heavy atom. The lowest BCUT2D eigenvalue weighted by molar-refractivity contribution is -0.0710. The Bertz CT molecular complexity index is 1390. The number of rotatable bonds is 5. The summed E-state index contributed by atoms with van der Waals surface area (Å²) in [7, 11) is 0. The number of nitrogens with zero attached hydrogens (tertiary/aromatic N) is 5. The fourth-order valence-electron chi connectivity index (χ4n) is 4.47. The van der Waals surface area contributed by atoms with Crippen LogP contribution in [0.25, 0.3) is 22.2 Å². The van der Waals surface area contributed by atoms with E-state index in [1.807, 2.05) is 42.5 Å².